The molecule has 2 unspecified atom stereocenters. The van der Waals surface area contributed by atoms with E-state index in [0.717, 1.165) is 59.7 Å². The van der Waals surface area contributed by atoms with Crippen LogP contribution in [-0.2, 0) is 0 Å². The smallest absolute Gasteiger partial charge is 0.134 e. The fraction of sp³-hybridized carbons (Fsp3) is 0.310. The molecule has 1 saturated heterocycles. The molecule has 3 aliphatic rings. The van der Waals surface area contributed by atoms with E-state index in [1.807, 2.05) is 48.5 Å². The molecule has 3 aliphatic heterocycles. The number of amidine groups is 1. The van der Waals surface area contributed by atoms with Gasteiger partial charge in [0.05, 0.1) is 11.6 Å². The lowest BCUT2D eigenvalue weighted by Crippen LogP contribution is -2.34. The Morgan fingerprint density at radius 3 is 2.65 bits per heavy atom. The Morgan fingerprint density at radius 1 is 1.23 bits per heavy atom. The van der Waals surface area contributed by atoms with Crippen LogP contribution in [0.4, 0.5) is 0 Å². The van der Waals surface area contributed by atoms with Crippen LogP contribution < -0.4 is 15.8 Å². The van der Waals surface area contributed by atoms with Gasteiger partial charge >= 0.3 is 0 Å². The molecule has 5 rings (SSSR count). The molecule has 2 atom stereocenters. The highest BCUT2D eigenvalue weighted by atomic mass is 35.5. The molecule has 1 fully saturated rings. The highest BCUT2D eigenvalue weighted by molar-refractivity contribution is 8.03. The van der Waals surface area contributed by atoms with E-state index in [4.69, 9.17) is 27.1 Å². The van der Waals surface area contributed by atoms with E-state index in [9.17, 15) is 10.2 Å². The summed E-state index contributed by atoms with van der Waals surface area (Å²) in [6.07, 6.45) is 3.76. The monoisotopic (exact) mass is 592 g/mol. The van der Waals surface area contributed by atoms with Gasteiger partial charge in [-0.1, -0.05) is 41.0 Å². The zero-order valence-corrected chi connectivity index (χ0v) is 24.1. The number of hydrogen-bond acceptors (Lipinski definition) is 10. The lowest BCUT2D eigenvalue weighted by molar-refractivity contribution is 0.328. The van der Waals surface area contributed by atoms with Crippen molar-refractivity contribution >= 4 is 46.5 Å². The summed E-state index contributed by atoms with van der Waals surface area (Å²) in [5.74, 6) is 2.15. The average Bonchev–Trinajstić information content (AvgIpc) is 3.69. The van der Waals surface area contributed by atoms with Gasteiger partial charge < -0.3 is 20.7 Å². The van der Waals surface area contributed by atoms with Gasteiger partial charge in [0, 0.05) is 46.9 Å². The zero-order valence-electron chi connectivity index (χ0n) is 21.8. The number of likely N-dealkylation sites (tertiary alicyclic amines) is 1. The van der Waals surface area contributed by atoms with Gasteiger partial charge in [-0.3, -0.25) is 0 Å². The second-order valence-corrected chi connectivity index (χ2v) is 11.9. The van der Waals surface area contributed by atoms with Gasteiger partial charge in [0.1, 0.15) is 35.5 Å². The first kappa shape index (κ1) is 28.1. The van der Waals surface area contributed by atoms with Crippen LogP contribution in [0.1, 0.15) is 29.3 Å². The van der Waals surface area contributed by atoms with Gasteiger partial charge in [0.2, 0.25) is 0 Å². The molecule has 0 aromatic heterocycles. The Labute approximate surface area is 247 Å². The molecule has 3 N–H and O–H groups in total. The molecule has 0 spiro atoms. The fourth-order valence-corrected chi connectivity index (χ4v) is 7.09. The summed E-state index contributed by atoms with van der Waals surface area (Å²) < 4.78 is 5.59. The van der Waals surface area contributed by atoms with Crippen molar-refractivity contribution < 1.29 is 4.74 Å². The van der Waals surface area contributed by atoms with Crippen LogP contribution in [-0.4, -0.2) is 48.1 Å². The first-order valence-electron chi connectivity index (χ1n) is 13.0. The fourth-order valence-electron chi connectivity index (χ4n) is 4.86. The van der Waals surface area contributed by atoms with Crippen molar-refractivity contribution in [2.24, 2.45) is 15.9 Å². The molecular weight excluding hydrogens is 564 g/mol. The van der Waals surface area contributed by atoms with E-state index in [1.165, 1.54) is 0 Å². The highest BCUT2D eigenvalue weighted by Crippen LogP contribution is 2.41. The molecule has 0 radical (unpaired) electrons. The Bertz CT molecular complexity index is 1390. The molecule has 2 aromatic carbocycles. The number of nitrogens with zero attached hydrogens (tertiary/aromatic N) is 4. The third-order valence-corrected chi connectivity index (χ3v) is 9.25. The van der Waals surface area contributed by atoms with E-state index in [1.54, 1.807) is 29.7 Å². The normalized spacial score (nSPS) is 21.6. The highest BCUT2D eigenvalue weighted by Gasteiger charge is 2.33. The van der Waals surface area contributed by atoms with E-state index in [-0.39, 0.29) is 23.9 Å². The number of thioether (sulfide) groups is 2. The van der Waals surface area contributed by atoms with Crippen LogP contribution in [0.5, 0.6) is 5.75 Å². The summed E-state index contributed by atoms with van der Waals surface area (Å²) in [6, 6.07) is 17.8. The minimum Gasteiger partial charge on any atom is -0.492 e. The topological polar surface area (TPSA) is 116 Å². The van der Waals surface area contributed by atoms with Crippen molar-refractivity contribution in [2.75, 3.05) is 32.0 Å². The summed E-state index contributed by atoms with van der Waals surface area (Å²) in [5.41, 5.74) is 11.5. The molecule has 0 aliphatic carbocycles. The van der Waals surface area contributed by atoms with Gasteiger partial charge in [-0.15, -0.1) is 23.5 Å². The van der Waals surface area contributed by atoms with Gasteiger partial charge in [-0.2, -0.15) is 10.2 Å². The predicted octanol–water partition coefficient (Wildman–Crippen LogP) is 6.05. The average molecular weight is 593 g/mol. The number of nitrogens with one attached hydrogen (secondary N) is 1. The van der Waals surface area contributed by atoms with E-state index >= 15 is 0 Å². The third-order valence-electron chi connectivity index (χ3n) is 6.79. The summed E-state index contributed by atoms with van der Waals surface area (Å²) in [4.78, 5) is 17.7. The lowest BCUT2D eigenvalue weighted by atomic mass is 9.90. The van der Waals surface area contributed by atoms with Gasteiger partial charge in [0.15, 0.2) is 0 Å². The summed E-state index contributed by atoms with van der Waals surface area (Å²) in [5, 5.41) is 19.4. The molecule has 0 amide bonds. The molecule has 206 valence electrons. The Hall–Kier alpha value is -3.39. The first-order valence-corrected chi connectivity index (χ1v) is 15.4. The maximum atomic E-state index is 10.4. The molecule has 2 aromatic rings. The van der Waals surface area contributed by atoms with Crippen LogP contribution in [0, 0.1) is 16.2 Å². The van der Waals surface area contributed by atoms with Crippen LogP contribution in [0.3, 0.4) is 0 Å². The van der Waals surface area contributed by atoms with Gasteiger partial charge in [-0.05, 0) is 53.6 Å². The second-order valence-electron chi connectivity index (χ2n) is 9.37. The lowest BCUT2D eigenvalue weighted by Gasteiger charge is -2.31. The number of ether oxygens (including phenoxy) is 1. The number of nitrogens with two attached hydrogens (primary N) is 1. The van der Waals surface area contributed by atoms with Crippen molar-refractivity contribution in [3.8, 4) is 11.8 Å². The minimum absolute atomic E-state index is 0.0876. The molecule has 3 heterocycles. The Kier molecular flexibility index (Phi) is 9.37. The van der Waals surface area contributed by atoms with Crippen LogP contribution in [0.2, 0.25) is 5.02 Å². The van der Waals surface area contributed by atoms with E-state index in [0.29, 0.717) is 22.1 Å². The number of rotatable bonds is 9. The molecule has 40 heavy (non-hydrogen) atoms. The molecule has 0 saturated carbocycles. The molecule has 0 bridgehead atoms. The summed E-state index contributed by atoms with van der Waals surface area (Å²) >= 11 is 9.40. The quantitative estimate of drug-likeness (QED) is 0.267. The van der Waals surface area contributed by atoms with Crippen LogP contribution in [0.15, 0.2) is 87.2 Å². The van der Waals surface area contributed by atoms with Gasteiger partial charge in [-0.25, -0.2) is 4.99 Å². The summed E-state index contributed by atoms with van der Waals surface area (Å²) in [6.45, 7) is 2.12. The van der Waals surface area contributed by atoms with E-state index < -0.39 is 0 Å². The predicted molar refractivity (Wildman–Crippen MR) is 165 cm³/mol. The SMILES string of the molecule is N#CC1=C(c2ccc(OCCN=O)cc2)C(=CN)C(N2CCCC2)=NC1SCC1=CSC(c2ccc(Cl)cc2)N1. The number of aliphatic imine (C=N–C) groups is 1. The number of benzene rings is 2. The largest absolute Gasteiger partial charge is 0.492 e. The maximum Gasteiger partial charge on any atom is 0.134 e. The Morgan fingerprint density at radius 2 is 1.98 bits per heavy atom. The number of dihydropyridines is 1. The maximum absolute atomic E-state index is 10.4. The number of halogens is 1. The van der Waals surface area contributed by atoms with Crippen molar-refractivity contribution in [3.05, 3.63) is 98.0 Å². The Balaban J connectivity index is 1.39. The number of nitroso groups, excluding NO2 is 1. The number of nitriles is 1. The van der Waals surface area contributed by atoms with Gasteiger partial charge in [0.25, 0.3) is 0 Å². The van der Waals surface area contributed by atoms with E-state index in [2.05, 4.69) is 26.9 Å². The molecule has 11 heteroatoms. The van der Waals surface area contributed by atoms with Crippen molar-refractivity contribution in [2.45, 2.75) is 23.6 Å². The van der Waals surface area contributed by atoms with Crippen molar-refractivity contribution in [1.82, 2.24) is 10.2 Å². The van der Waals surface area contributed by atoms with Crippen molar-refractivity contribution in [3.63, 3.8) is 0 Å². The van der Waals surface area contributed by atoms with Crippen LogP contribution >= 0.6 is 35.1 Å². The van der Waals surface area contributed by atoms with Crippen LogP contribution in [0.25, 0.3) is 5.57 Å². The first-order chi connectivity index (χ1) is 19.6. The minimum atomic E-state index is -0.379. The standard InChI is InChI=1S/C29H29ClN6O2S2/c30-21-7-3-20(4-8-21)28-34-22(17-39-28)18-40-29-25(16-32)26(19-5-9-23(10-6-19)38-14-11-33-37)24(15-31)27(35-29)36-12-1-2-13-36/h3-10,15,17,28-29,34H,1-2,11-14,18,31H2. The zero-order chi connectivity index (χ0) is 27.9. The number of hydrogen-bond donors (Lipinski definition) is 2. The molecular formula is C29H29ClN6O2S2. The summed E-state index contributed by atoms with van der Waals surface area (Å²) in [7, 11) is 0. The molecule has 8 nitrogen and oxygen atoms in total. The second kappa shape index (κ2) is 13.3. The third kappa shape index (κ3) is 6.33. The van der Waals surface area contributed by atoms with Crippen molar-refractivity contribution in [1.29, 1.82) is 5.26 Å².